The molecule has 3 rings (SSSR count). The molecule has 7 nitrogen and oxygen atoms in total. The molecule has 0 saturated heterocycles. The lowest BCUT2D eigenvalue weighted by molar-refractivity contribution is -0.138. The van der Waals surface area contributed by atoms with Crippen molar-refractivity contribution in [2.45, 2.75) is 6.92 Å². The van der Waals surface area contributed by atoms with Crippen molar-refractivity contribution in [1.29, 1.82) is 0 Å². The third-order valence-corrected chi connectivity index (χ3v) is 4.26. The normalized spacial score (nSPS) is 10.6. The van der Waals surface area contributed by atoms with Crippen LogP contribution in [0.2, 0.25) is 0 Å². The number of esters is 1. The molecule has 0 fully saturated rings. The van der Waals surface area contributed by atoms with E-state index in [-0.39, 0.29) is 12.5 Å². The molecule has 144 valence electrons. The van der Waals surface area contributed by atoms with E-state index in [4.69, 9.17) is 4.74 Å². The summed E-state index contributed by atoms with van der Waals surface area (Å²) in [4.78, 5) is 36.4. The zero-order chi connectivity index (χ0) is 20.3. The lowest BCUT2D eigenvalue weighted by Gasteiger charge is -2.24. The summed E-state index contributed by atoms with van der Waals surface area (Å²) in [6.45, 7) is 1.72. The molecule has 0 bridgehead atoms. The molecular formula is C21H22N4O3. The van der Waals surface area contributed by atoms with Crippen molar-refractivity contribution in [1.82, 2.24) is 14.9 Å². The zero-order valence-corrected chi connectivity index (χ0v) is 16.3. The average Bonchev–Trinajstić information content (AvgIpc) is 2.71. The van der Waals surface area contributed by atoms with Gasteiger partial charge in [-0.15, -0.1) is 0 Å². The highest BCUT2D eigenvalue weighted by atomic mass is 16.5. The fourth-order valence-corrected chi connectivity index (χ4v) is 2.83. The Labute approximate surface area is 163 Å². The minimum atomic E-state index is -0.552. The van der Waals surface area contributed by atoms with E-state index in [2.05, 4.69) is 9.97 Å². The zero-order valence-electron chi connectivity index (χ0n) is 16.3. The van der Waals surface area contributed by atoms with Crippen molar-refractivity contribution in [3.8, 4) is 11.3 Å². The predicted molar refractivity (Wildman–Crippen MR) is 108 cm³/mol. The Hall–Kier alpha value is -3.48. The number of hydrogen-bond acceptors (Lipinski definition) is 5. The Morgan fingerprint density at radius 1 is 1.04 bits per heavy atom. The molecule has 2 aromatic carbocycles. The van der Waals surface area contributed by atoms with Gasteiger partial charge in [-0.3, -0.25) is 9.69 Å². The summed E-state index contributed by atoms with van der Waals surface area (Å²) in [7, 11) is 4.49. The quantitative estimate of drug-likeness (QED) is 0.652. The monoisotopic (exact) mass is 378 g/mol. The molecule has 1 heterocycles. The van der Waals surface area contributed by atoms with E-state index in [1.165, 1.54) is 16.9 Å². The van der Waals surface area contributed by atoms with Gasteiger partial charge in [-0.1, -0.05) is 42.0 Å². The third kappa shape index (κ3) is 3.93. The molecule has 3 aromatic rings. The molecule has 0 aliphatic heterocycles. The minimum Gasteiger partial charge on any atom is -0.468 e. The van der Waals surface area contributed by atoms with Crippen LogP contribution in [0, 0.1) is 6.92 Å². The van der Waals surface area contributed by atoms with E-state index >= 15 is 0 Å². The van der Waals surface area contributed by atoms with Crippen LogP contribution in [0.1, 0.15) is 5.56 Å². The summed E-state index contributed by atoms with van der Waals surface area (Å²) in [5.41, 5.74) is 3.37. The molecule has 0 unspecified atom stereocenters. The number of hydrogen-bond donors (Lipinski definition) is 0. The van der Waals surface area contributed by atoms with Crippen LogP contribution >= 0.6 is 0 Å². The topological polar surface area (TPSA) is 75.6 Å². The smallest absolute Gasteiger partial charge is 0.326 e. The number of methoxy groups -OCH3 is 1. The second-order valence-electron chi connectivity index (χ2n) is 6.60. The maximum Gasteiger partial charge on any atom is 0.326 e. The highest BCUT2D eigenvalue weighted by Crippen LogP contribution is 2.29. The second kappa shape index (κ2) is 8.04. The van der Waals surface area contributed by atoms with Crippen molar-refractivity contribution in [3.63, 3.8) is 0 Å². The van der Waals surface area contributed by atoms with Gasteiger partial charge in [-0.05, 0) is 19.1 Å². The molecule has 0 atom stereocenters. The van der Waals surface area contributed by atoms with Gasteiger partial charge in [0.05, 0.1) is 18.3 Å². The van der Waals surface area contributed by atoms with E-state index in [1.54, 1.807) is 14.1 Å². The lowest BCUT2D eigenvalue weighted by atomic mass is 10.0. The van der Waals surface area contributed by atoms with Crippen molar-refractivity contribution in [3.05, 3.63) is 54.1 Å². The van der Waals surface area contributed by atoms with Crippen LogP contribution in [0.4, 0.5) is 10.7 Å². The molecule has 0 aliphatic rings. The number of carbonyl (C=O) groups excluding carboxylic acids is 2. The number of aromatic nitrogens is 2. The van der Waals surface area contributed by atoms with Crippen LogP contribution < -0.4 is 4.90 Å². The maximum absolute atomic E-state index is 12.7. The first-order valence-corrected chi connectivity index (χ1v) is 8.80. The minimum absolute atomic E-state index is 0.152. The van der Waals surface area contributed by atoms with Crippen LogP contribution in [0.15, 0.2) is 48.5 Å². The van der Waals surface area contributed by atoms with Crippen LogP contribution in [-0.4, -0.2) is 54.6 Å². The molecule has 7 heteroatoms. The van der Waals surface area contributed by atoms with Crippen LogP contribution in [0.5, 0.6) is 0 Å². The van der Waals surface area contributed by atoms with Gasteiger partial charge in [-0.25, -0.2) is 14.8 Å². The maximum atomic E-state index is 12.7. The summed E-state index contributed by atoms with van der Waals surface area (Å²) in [6, 6.07) is 15.1. The highest BCUT2D eigenvalue weighted by molar-refractivity contribution is 5.98. The first-order valence-electron chi connectivity index (χ1n) is 8.80. The van der Waals surface area contributed by atoms with E-state index in [0.29, 0.717) is 11.2 Å². The molecule has 0 aliphatic carbocycles. The molecule has 0 spiro atoms. The number of urea groups is 1. The summed E-state index contributed by atoms with van der Waals surface area (Å²) in [5, 5.41) is 0.880. The molecule has 0 saturated carbocycles. The Bertz CT molecular complexity index is 1020. The van der Waals surface area contributed by atoms with Crippen LogP contribution in [-0.2, 0) is 9.53 Å². The van der Waals surface area contributed by atoms with Gasteiger partial charge in [0.2, 0.25) is 5.95 Å². The van der Waals surface area contributed by atoms with Gasteiger partial charge in [-0.2, -0.15) is 0 Å². The Balaban J connectivity index is 2.23. The standard InChI is InChI=1S/C21H22N4O3/c1-14-10-11-17-16(12-14)19(15-8-6-5-7-9-15)23-20(22-17)25(13-18(26)28-4)21(27)24(2)3/h5-12H,13H2,1-4H3. The first kappa shape index (κ1) is 19.3. The van der Waals surface area contributed by atoms with Gasteiger partial charge in [0, 0.05) is 25.0 Å². The van der Waals surface area contributed by atoms with Crippen molar-refractivity contribution < 1.29 is 14.3 Å². The Morgan fingerprint density at radius 2 is 1.75 bits per heavy atom. The van der Waals surface area contributed by atoms with Gasteiger partial charge in [0.15, 0.2) is 0 Å². The summed E-state index contributed by atoms with van der Waals surface area (Å²) in [6.07, 6.45) is 0. The summed E-state index contributed by atoms with van der Waals surface area (Å²) < 4.78 is 4.74. The number of fused-ring (bicyclic) bond motifs is 1. The number of nitrogens with zero attached hydrogens (tertiary/aromatic N) is 4. The number of benzene rings is 2. The molecule has 0 radical (unpaired) electrons. The van der Waals surface area contributed by atoms with E-state index in [1.807, 2.05) is 55.5 Å². The number of aryl methyl sites for hydroxylation is 1. The highest BCUT2D eigenvalue weighted by Gasteiger charge is 2.25. The predicted octanol–water partition coefficient (Wildman–Crippen LogP) is 3.27. The van der Waals surface area contributed by atoms with Crippen molar-refractivity contribution in [2.24, 2.45) is 0 Å². The van der Waals surface area contributed by atoms with Crippen molar-refractivity contribution in [2.75, 3.05) is 32.6 Å². The van der Waals surface area contributed by atoms with Crippen molar-refractivity contribution >= 4 is 28.9 Å². The Kier molecular flexibility index (Phi) is 5.54. The number of carbonyl (C=O) groups is 2. The number of amides is 2. The van der Waals surface area contributed by atoms with E-state index in [0.717, 1.165) is 16.5 Å². The van der Waals surface area contributed by atoms with Crippen LogP contribution in [0.3, 0.4) is 0 Å². The number of anilines is 1. The molecule has 2 amide bonds. The molecule has 1 aromatic heterocycles. The van der Waals surface area contributed by atoms with Gasteiger partial charge in [0.25, 0.3) is 0 Å². The fraction of sp³-hybridized carbons (Fsp3) is 0.238. The molecular weight excluding hydrogens is 356 g/mol. The lowest BCUT2D eigenvalue weighted by Crippen LogP contribution is -2.43. The summed E-state index contributed by atoms with van der Waals surface area (Å²) >= 11 is 0. The van der Waals surface area contributed by atoms with Gasteiger partial charge in [0.1, 0.15) is 6.54 Å². The SMILES string of the molecule is COC(=O)CN(C(=O)N(C)C)c1nc(-c2ccccc2)c2cc(C)ccc2n1. The second-order valence-corrected chi connectivity index (χ2v) is 6.60. The average molecular weight is 378 g/mol. The van der Waals surface area contributed by atoms with E-state index in [9.17, 15) is 9.59 Å². The van der Waals surface area contributed by atoms with E-state index < -0.39 is 12.0 Å². The van der Waals surface area contributed by atoms with Gasteiger partial charge >= 0.3 is 12.0 Å². The molecule has 0 N–H and O–H groups in total. The first-order chi connectivity index (χ1) is 13.4. The fourth-order valence-electron chi connectivity index (χ4n) is 2.83. The molecule has 28 heavy (non-hydrogen) atoms. The third-order valence-electron chi connectivity index (χ3n) is 4.26. The Morgan fingerprint density at radius 3 is 2.39 bits per heavy atom. The van der Waals surface area contributed by atoms with Crippen LogP contribution in [0.25, 0.3) is 22.2 Å². The largest absolute Gasteiger partial charge is 0.468 e. The van der Waals surface area contributed by atoms with Gasteiger partial charge < -0.3 is 9.64 Å². The summed E-state index contributed by atoms with van der Waals surface area (Å²) in [5.74, 6) is -0.400. The number of ether oxygens (including phenoxy) is 1. The number of rotatable bonds is 4.